The van der Waals surface area contributed by atoms with Crippen LogP contribution in [0.3, 0.4) is 0 Å². The van der Waals surface area contributed by atoms with Crippen LogP contribution >= 0.6 is 0 Å². The summed E-state index contributed by atoms with van der Waals surface area (Å²) in [7, 11) is 0. The number of amides is 1. The highest BCUT2D eigenvalue weighted by Crippen LogP contribution is 2.21. The van der Waals surface area contributed by atoms with Crippen LogP contribution in [0.25, 0.3) is 11.3 Å². The van der Waals surface area contributed by atoms with E-state index >= 15 is 0 Å². The molecule has 0 saturated carbocycles. The zero-order valence-electron chi connectivity index (χ0n) is 18.6. The topological polar surface area (TPSA) is 119 Å². The first kappa shape index (κ1) is 23.0. The van der Waals surface area contributed by atoms with Gasteiger partial charge in [0.2, 0.25) is 0 Å². The van der Waals surface area contributed by atoms with Gasteiger partial charge in [0.1, 0.15) is 0 Å². The van der Waals surface area contributed by atoms with Crippen molar-refractivity contribution in [1.29, 1.82) is 0 Å². The molecule has 1 saturated heterocycles. The predicted octanol–water partition coefficient (Wildman–Crippen LogP) is 1.86. The molecule has 2 heterocycles. The number of nitrogens with one attached hydrogen (secondary N) is 1. The molecular weight excluding hydrogens is 416 g/mol. The largest absolute Gasteiger partial charge is 0.379 e. The molecular formula is C25H30N6O2. The van der Waals surface area contributed by atoms with E-state index in [-0.39, 0.29) is 18.3 Å². The minimum absolute atomic E-state index is 0.111. The predicted molar refractivity (Wildman–Crippen MR) is 127 cm³/mol. The summed E-state index contributed by atoms with van der Waals surface area (Å²) in [5, 5.41) is 3.72. The molecule has 0 bridgehead atoms. The van der Waals surface area contributed by atoms with Gasteiger partial charge in [-0.05, 0) is 17.2 Å². The number of primary amides is 1. The van der Waals surface area contributed by atoms with Crippen LogP contribution in [0.15, 0.2) is 60.8 Å². The third kappa shape index (κ3) is 6.00. The number of benzene rings is 2. The van der Waals surface area contributed by atoms with Gasteiger partial charge < -0.3 is 21.5 Å². The number of carbonyl (C=O) groups is 1. The molecule has 5 N–H and O–H groups in total. The maximum Gasteiger partial charge on any atom is 0.269 e. The summed E-state index contributed by atoms with van der Waals surface area (Å²) in [6, 6.07) is 18.8. The Morgan fingerprint density at radius 1 is 1.12 bits per heavy atom. The maximum absolute atomic E-state index is 11.7. The van der Waals surface area contributed by atoms with Crippen molar-refractivity contribution in [3.8, 4) is 11.3 Å². The highest BCUT2D eigenvalue weighted by atomic mass is 16.5. The van der Waals surface area contributed by atoms with Crippen LogP contribution in [0, 0.1) is 0 Å². The molecule has 1 unspecified atom stereocenters. The number of hydrogen-bond acceptors (Lipinski definition) is 7. The fourth-order valence-electron chi connectivity index (χ4n) is 4.00. The first-order valence-corrected chi connectivity index (χ1v) is 11.2. The van der Waals surface area contributed by atoms with Crippen molar-refractivity contribution in [2.24, 2.45) is 11.5 Å². The molecule has 1 aromatic heterocycles. The molecule has 0 aliphatic carbocycles. The molecule has 1 aliphatic rings. The van der Waals surface area contributed by atoms with E-state index in [1.54, 1.807) is 6.20 Å². The second-order valence-corrected chi connectivity index (χ2v) is 8.08. The van der Waals surface area contributed by atoms with Gasteiger partial charge in [-0.2, -0.15) is 0 Å². The van der Waals surface area contributed by atoms with Gasteiger partial charge in [0.05, 0.1) is 30.8 Å². The van der Waals surface area contributed by atoms with Gasteiger partial charge in [-0.25, -0.2) is 4.98 Å². The Balaban J connectivity index is 1.51. The van der Waals surface area contributed by atoms with Crippen LogP contribution in [0.4, 0.5) is 0 Å². The van der Waals surface area contributed by atoms with Gasteiger partial charge in [0.25, 0.3) is 5.91 Å². The lowest BCUT2D eigenvalue weighted by molar-refractivity contribution is 0.0333. The molecule has 33 heavy (non-hydrogen) atoms. The summed E-state index contributed by atoms with van der Waals surface area (Å²) < 4.78 is 5.50. The summed E-state index contributed by atoms with van der Waals surface area (Å²) in [6.45, 7) is 5.16. The van der Waals surface area contributed by atoms with E-state index < -0.39 is 5.91 Å². The monoisotopic (exact) mass is 446 g/mol. The molecule has 2 aromatic carbocycles. The van der Waals surface area contributed by atoms with Crippen LogP contribution < -0.4 is 16.8 Å². The van der Waals surface area contributed by atoms with Gasteiger partial charge in [-0.3, -0.25) is 14.7 Å². The van der Waals surface area contributed by atoms with Crippen molar-refractivity contribution >= 4 is 5.91 Å². The van der Waals surface area contributed by atoms with Crippen LogP contribution in [-0.4, -0.2) is 53.6 Å². The van der Waals surface area contributed by atoms with Gasteiger partial charge >= 0.3 is 0 Å². The third-order valence-corrected chi connectivity index (χ3v) is 5.80. The Bertz CT molecular complexity index is 1070. The molecule has 172 valence electrons. The van der Waals surface area contributed by atoms with Gasteiger partial charge in [-0.1, -0.05) is 48.5 Å². The minimum atomic E-state index is -0.628. The number of hydrogen-bond donors (Lipinski definition) is 3. The Morgan fingerprint density at radius 2 is 1.91 bits per heavy atom. The third-order valence-electron chi connectivity index (χ3n) is 5.80. The van der Waals surface area contributed by atoms with Crippen molar-refractivity contribution in [1.82, 2.24) is 20.2 Å². The van der Waals surface area contributed by atoms with E-state index in [0.717, 1.165) is 44.0 Å². The molecule has 0 radical (unpaired) electrons. The molecule has 1 fully saturated rings. The molecule has 8 heteroatoms. The molecule has 4 rings (SSSR count). The zero-order valence-corrected chi connectivity index (χ0v) is 18.6. The summed E-state index contributed by atoms with van der Waals surface area (Å²) in [5.41, 5.74) is 15.5. The molecule has 1 aliphatic heterocycles. The van der Waals surface area contributed by atoms with Gasteiger partial charge in [0.15, 0.2) is 5.69 Å². The Hall–Kier alpha value is -3.17. The van der Waals surface area contributed by atoms with E-state index in [2.05, 4.69) is 56.6 Å². The fraction of sp³-hybridized carbons (Fsp3) is 0.320. The van der Waals surface area contributed by atoms with Crippen LogP contribution in [0.2, 0.25) is 0 Å². The van der Waals surface area contributed by atoms with E-state index in [0.29, 0.717) is 17.9 Å². The average Bonchev–Trinajstić information content (AvgIpc) is 2.87. The SMILES string of the molecule is NCc1ncc(-c2cccc(CNC(CN3CCOCC3)c3ccccc3)c2)nc1C(N)=O. The van der Waals surface area contributed by atoms with Crippen molar-refractivity contribution in [2.75, 3.05) is 32.8 Å². The van der Waals surface area contributed by atoms with Crippen molar-refractivity contribution < 1.29 is 9.53 Å². The highest BCUT2D eigenvalue weighted by molar-refractivity contribution is 5.92. The number of morpholine rings is 1. The number of rotatable bonds is 9. The number of nitrogens with zero attached hydrogens (tertiary/aromatic N) is 3. The number of aromatic nitrogens is 2. The summed E-state index contributed by atoms with van der Waals surface area (Å²) >= 11 is 0. The van der Waals surface area contributed by atoms with Crippen LogP contribution in [0.1, 0.15) is 33.4 Å². The Kier molecular flexibility index (Phi) is 7.74. The fourth-order valence-corrected chi connectivity index (χ4v) is 4.00. The lowest BCUT2D eigenvalue weighted by Gasteiger charge is -2.31. The Labute approximate surface area is 194 Å². The van der Waals surface area contributed by atoms with Crippen molar-refractivity contribution in [3.05, 3.63) is 83.3 Å². The Morgan fingerprint density at radius 3 is 2.64 bits per heavy atom. The lowest BCUT2D eigenvalue weighted by Crippen LogP contribution is -2.41. The summed E-state index contributed by atoms with van der Waals surface area (Å²) in [6.07, 6.45) is 1.63. The molecule has 1 amide bonds. The summed E-state index contributed by atoms with van der Waals surface area (Å²) in [4.78, 5) is 22.9. The van der Waals surface area contributed by atoms with Gasteiger partial charge in [0, 0.05) is 44.3 Å². The van der Waals surface area contributed by atoms with E-state index in [1.807, 2.05) is 18.2 Å². The first-order chi connectivity index (χ1) is 16.1. The second-order valence-electron chi connectivity index (χ2n) is 8.08. The molecule has 8 nitrogen and oxygen atoms in total. The van der Waals surface area contributed by atoms with Crippen LogP contribution in [0.5, 0.6) is 0 Å². The lowest BCUT2D eigenvalue weighted by atomic mass is 10.0. The first-order valence-electron chi connectivity index (χ1n) is 11.2. The molecule has 3 aromatic rings. The quantitative estimate of drug-likeness (QED) is 0.459. The minimum Gasteiger partial charge on any atom is -0.379 e. The van der Waals surface area contributed by atoms with E-state index in [4.69, 9.17) is 16.2 Å². The number of carbonyl (C=O) groups excluding carboxylic acids is 1. The normalized spacial score (nSPS) is 15.3. The molecule has 0 spiro atoms. The van der Waals surface area contributed by atoms with Gasteiger partial charge in [-0.15, -0.1) is 0 Å². The standard InChI is InChI=1S/C25H30N6O2/c26-14-21-24(25(27)32)30-22(16-29-21)20-8-4-5-18(13-20)15-28-23(19-6-2-1-3-7-19)17-31-9-11-33-12-10-31/h1-8,13,16,23,28H,9-12,14-15,17,26H2,(H2,27,32). The van der Waals surface area contributed by atoms with Crippen molar-refractivity contribution in [3.63, 3.8) is 0 Å². The highest BCUT2D eigenvalue weighted by Gasteiger charge is 2.18. The summed E-state index contributed by atoms with van der Waals surface area (Å²) in [5.74, 6) is -0.628. The van der Waals surface area contributed by atoms with E-state index in [9.17, 15) is 4.79 Å². The smallest absolute Gasteiger partial charge is 0.269 e. The maximum atomic E-state index is 11.7. The second kappa shape index (κ2) is 11.1. The zero-order chi connectivity index (χ0) is 23.0. The van der Waals surface area contributed by atoms with E-state index in [1.165, 1.54) is 5.56 Å². The number of ether oxygens (including phenoxy) is 1. The average molecular weight is 447 g/mol. The van der Waals surface area contributed by atoms with Crippen molar-refractivity contribution in [2.45, 2.75) is 19.1 Å². The number of nitrogens with two attached hydrogens (primary N) is 2. The van der Waals surface area contributed by atoms with Crippen LogP contribution in [-0.2, 0) is 17.8 Å². The molecule has 1 atom stereocenters.